The van der Waals surface area contributed by atoms with Crippen LogP contribution in [0.3, 0.4) is 0 Å². The summed E-state index contributed by atoms with van der Waals surface area (Å²) in [6.07, 6.45) is 0. The molecule has 0 spiro atoms. The Morgan fingerprint density at radius 1 is 1.45 bits per heavy atom. The van der Waals surface area contributed by atoms with Crippen LogP contribution in [0.15, 0.2) is 22.7 Å². The Bertz CT molecular complexity index is 709. The number of allylic oxidation sites excluding steroid dienone is 1. The number of hydrogen-bond donors (Lipinski definition) is 2. The van der Waals surface area contributed by atoms with E-state index in [0.717, 1.165) is 23.1 Å². The smallest absolute Gasteiger partial charge is 0.324 e. The van der Waals surface area contributed by atoms with Crippen molar-refractivity contribution in [3.05, 3.63) is 37.7 Å². The highest BCUT2D eigenvalue weighted by atomic mass is 32.2. The molecule has 0 amide bonds. The van der Waals surface area contributed by atoms with Crippen molar-refractivity contribution in [2.24, 2.45) is 11.7 Å². The van der Waals surface area contributed by atoms with Crippen molar-refractivity contribution in [1.29, 1.82) is 15.9 Å². The third kappa shape index (κ3) is 2.25. The van der Waals surface area contributed by atoms with Crippen molar-refractivity contribution in [3.63, 3.8) is 0 Å². The Hall–Kier alpha value is -2.36. The lowest BCUT2D eigenvalue weighted by molar-refractivity contribution is -0.380. The molecule has 20 heavy (non-hydrogen) atoms. The van der Waals surface area contributed by atoms with E-state index in [4.69, 9.17) is 11.1 Å². The summed E-state index contributed by atoms with van der Waals surface area (Å²) in [6, 6.07) is 6.75. The number of hydrogen-bond acceptors (Lipinski definition) is 8. The summed E-state index contributed by atoms with van der Waals surface area (Å²) in [5.41, 5.74) is 5.92. The summed E-state index contributed by atoms with van der Waals surface area (Å²) >= 11 is 1.78. The number of nitriles is 2. The maximum Gasteiger partial charge on any atom is 0.324 e. The highest BCUT2D eigenvalue weighted by Gasteiger charge is 2.38. The highest BCUT2D eigenvalue weighted by Crippen LogP contribution is 2.45. The van der Waals surface area contributed by atoms with E-state index in [1.54, 1.807) is 0 Å². The molecule has 0 saturated carbocycles. The van der Waals surface area contributed by atoms with Gasteiger partial charge >= 0.3 is 5.00 Å². The largest absolute Gasteiger partial charge is 0.392 e. The lowest BCUT2D eigenvalue weighted by Crippen LogP contribution is -2.26. The molecule has 3 N–H and O–H groups in total. The van der Waals surface area contributed by atoms with Gasteiger partial charge in [0.05, 0.1) is 38.6 Å². The van der Waals surface area contributed by atoms with E-state index in [0.29, 0.717) is 4.88 Å². The predicted molar refractivity (Wildman–Crippen MR) is 75.0 cm³/mol. The zero-order chi connectivity index (χ0) is 14.9. The number of nitrogens with zero attached hydrogens (tertiary/aromatic N) is 3. The number of rotatable bonds is 2. The quantitative estimate of drug-likeness (QED) is 0.634. The summed E-state index contributed by atoms with van der Waals surface area (Å²) in [5, 5.41) is 37.1. The molecule has 2 atom stereocenters. The van der Waals surface area contributed by atoms with Crippen LogP contribution in [0.4, 0.5) is 5.00 Å². The molecule has 0 aromatic carbocycles. The van der Waals surface area contributed by atoms with E-state index in [1.807, 2.05) is 12.1 Å². The van der Waals surface area contributed by atoms with E-state index in [1.165, 1.54) is 12.1 Å². The average Bonchev–Trinajstić information content (AvgIpc) is 2.87. The van der Waals surface area contributed by atoms with Crippen LogP contribution in [0.5, 0.6) is 0 Å². The van der Waals surface area contributed by atoms with E-state index in [-0.39, 0.29) is 20.6 Å². The summed E-state index contributed by atoms with van der Waals surface area (Å²) in [5.74, 6) is -1.56. The van der Waals surface area contributed by atoms with Crippen molar-refractivity contribution < 1.29 is 4.92 Å². The normalized spacial score (nSPS) is 22.2. The van der Waals surface area contributed by atoms with Crippen LogP contribution in [0, 0.1) is 44.1 Å². The third-order valence-electron chi connectivity index (χ3n) is 2.77. The van der Waals surface area contributed by atoms with Crippen molar-refractivity contribution in [1.82, 2.24) is 0 Å². The van der Waals surface area contributed by atoms with Crippen LogP contribution in [-0.2, 0) is 0 Å². The topological polar surface area (TPSA) is 141 Å². The summed E-state index contributed by atoms with van der Waals surface area (Å²) in [7, 11) is 0. The van der Waals surface area contributed by atoms with Gasteiger partial charge in [-0.2, -0.15) is 10.5 Å². The molecule has 0 unspecified atom stereocenters. The zero-order valence-corrected chi connectivity index (χ0v) is 11.5. The molecule has 0 bridgehead atoms. The van der Waals surface area contributed by atoms with E-state index >= 15 is 0 Å². The van der Waals surface area contributed by atoms with Gasteiger partial charge in [-0.25, -0.2) is 0 Å². The highest BCUT2D eigenvalue weighted by molar-refractivity contribution is 8.17. The van der Waals surface area contributed by atoms with Gasteiger partial charge in [0.2, 0.25) is 0 Å². The number of thioether (sulfide) groups is 1. The molecule has 1 aliphatic rings. The van der Waals surface area contributed by atoms with E-state index in [2.05, 4.69) is 0 Å². The number of thiophene rings is 1. The van der Waals surface area contributed by atoms with Gasteiger partial charge in [0, 0.05) is 10.9 Å². The minimum Gasteiger partial charge on any atom is -0.392 e. The Morgan fingerprint density at radius 2 is 2.15 bits per heavy atom. The molecule has 7 nitrogen and oxygen atoms in total. The molecule has 0 fully saturated rings. The Kier molecular flexibility index (Phi) is 3.74. The van der Waals surface area contributed by atoms with Crippen LogP contribution >= 0.6 is 23.1 Å². The second-order valence-electron chi connectivity index (χ2n) is 3.87. The number of nitro groups is 1. The average molecular weight is 305 g/mol. The fourth-order valence-electron chi connectivity index (χ4n) is 1.88. The fourth-order valence-corrected chi connectivity index (χ4v) is 3.68. The van der Waals surface area contributed by atoms with Crippen LogP contribution in [0.25, 0.3) is 0 Å². The van der Waals surface area contributed by atoms with Crippen molar-refractivity contribution in [2.75, 3.05) is 0 Å². The Balaban J connectivity index is 2.56. The van der Waals surface area contributed by atoms with Gasteiger partial charge in [0.15, 0.2) is 0 Å². The van der Waals surface area contributed by atoms with Crippen molar-refractivity contribution in [3.8, 4) is 12.1 Å². The Morgan fingerprint density at radius 3 is 2.65 bits per heavy atom. The molecule has 1 aliphatic heterocycles. The van der Waals surface area contributed by atoms with Crippen LogP contribution in [-0.4, -0.2) is 9.97 Å². The van der Waals surface area contributed by atoms with E-state index in [9.17, 15) is 20.6 Å². The maximum atomic E-state index is 10.7. The monoisotopic (exact) mass is 305 g/mol. The van der Waals surface area contributed by atoms with Crippen LogP contribution in [0.2, 0.25) is 0 Å². The molecule has 2 heterocycles. The molecule has 2 rings (SSSR count). The lowest BCUT2D eigenvalue weighted by Gasteiger charge is -2.26. The zero-order valence-electron chi connectivity index (χ0n) is 9.86. The molecular weight excluding hydrogens is 298 g/mol. The van der Waals surface area contributed by atoms with Crippen LogP contribution in [0.1, 0.15) is 10.8 Å². The molecular formula is C11H7N5O2S2. The predicted octanol–water partition coefficient (Wildman–Crippen LogP) is 2.30. The molecule has 0 aliphatic carbocycles. The van der Waals surface area contributed by atoms with Gasteiger partial charge in [-0.15, -0.1) is 0 Å². The molecule has 0 radical (unpaired) electrons. The number of nitrogens with one attached hydrogen (secondary N) is 1. The second-order valence-corrected chi connectivity index (χ2v) is 6.05. The second kappa shape index (κ2) is 5.33. The van der Waals surface area contributed by atoms with Gasteiger partial charge < -0.3 is 5.73 Å². The molecule has 0 saturated heterocycles. The molecule has 100 valence electrons. The van der Waals surface area contributed by atoms with E-state index < -0.39 is 16.8 Å². The fraction of sp³-hybridized carbons (Fsp3) is 0.182. The Labute approximate surface area is 122 Å². The maximum absolute atomic E-state index is 10.7. The van der Waals surface area contributed by atoms with Crippen LogP contribution < -0.4 is 5.73 Å². The van der Waals surface area contributed by atoms with Gasteiger partial charge in [0.1, 0.15) is 5.92 Å². The van der Waals surface area contributed by atoms with Gasteiger partial charge in [-0.05, 0) is 6.07 Å². The molecule has 1 aromatic rings. The SMILES string of the molecule is N#CC1=C(N)SC(=N)[C@@H](C#N)[C@@H]1c1ccc([N+](=O)[O-])s1. The molecule has 9 heteroatoms. The number of nitrogens with two attached hydrogens (primary N) is 1. The first-order valence-corrected chi connectivity index (χ1v) is 6.92. The first kappa shape index (κ1) is 14.1. The first-order valence-electron chi connectivity index (χ1n) is 5.29. The molecule has 1 aromatic heterocycles. The standard InChI is InChI=1S/C11H7N5O2S2/c12-3-5-9(6(4-13)11(15)20-10(5)14)7-1-2-8(19-7)16(17)18/h1-2,5,9,14H,15H2/t5-,9-/m0/s1. The summed E-state index contributed by atoms with van der Waals surface area (Å²) in [6.45, 7) is 0. The summed E-state index contributed by atoms with van der Waals surface area (Å²) in [4.78, 5) is 10.7. The minimum atomic E-state index is -0.847. The summed E-state index contributed by atoms with van der Waals surface area (Å²) < 4.78 is 0. The minimum absolute atomic E-state index is 0.0463. The third-order valence-corrected chi connectivity index (χ3v) is 4.80. The first-order chi connectivity index (χ1) is 9.49. The van der Waals surface area contributed by atoms with Gasteiger partial charge in [-0.1, -0.05) is 23.1 Å². The van der Waals surface area contributed by atoms with Crippen molar-refractivity contribution >= 4 is 33.1 Å². The van der Waals surface area contributed by atoms with Crippen molar-refractivity contribution in [2.45, 2.75) is 5.92 Å². The van der Waals surface area contributed by atoms with Gasteiger partial charge in [0.25, 0.3) is 0 Å². The van der Waals surface area contributed by atoms with Gasteiger partial charge in [-0.3, -0.25) is 15.5 Å². The lowest BCUT2D eigenvalue weighted by atomic mass is 9.86.